The molecule has 0 saturated carbocycles. The lowest BCUT2D eigenvalue weighted by Crippen LogP contribution is -2.16. The molecule has 0 rings (SSSR count). The molecule has 58 valence electrons. The lowest BCUT2D eigenvalue weighted by molar-refractivity contribution is 0.284. The van der Waals surface area contributed by atoms with Crippen LogP contribution in [0.25, 0.3) is 0 Å². The van der Waals surface area contributed by atoms with Crippen LogP contribution in [0, 0.1) is 11.3 Å². The van der Waals surface area contributed by atoms with Gasteiger partial charge in [0.2, 0.25) is 0 Å². The van der Waals surface area contributed by atoms with Gasteiger partial charge in [-0.1, -0.05) is 0 Å². The zero-order valence-corrected chi connectivity index (χ0v) is 6.14. The zero-order valence-electron chi connectivity index (χ0n) is 6.14. The number of hydrogen-bond acceptors (Lipinski definition) is 3. The summed E-state index contributed by atoms with van der Waals surface area (Å²) in [4.78, 5) is 0. The summed E-state index contributed by atoms with van der Waals surface area (Å²) < 4.78 is 0. The van der Waals surface area contributed by atoms with Crippen LogP contribution in [0.2, 0.25) is 0 Å². The van der Waals surface area contributed by atoms with E-state index in [4.69, 9.17) is 10.4 Å². The number of nitrogens with zero attached hydrogens (tertiary/aromatic N) is 1. The molecule has 3 nitrogen and oxygen atoms in total. The van der Waals surface area contributed by atoms with Gasteiger partial charge in [0.25, 0.3) is 0 Å². The fraction of sp³-hybridized carbons (Fsp3) is 0.857. The fourth-order valence-corrected chi connectivity index (χ4v) is 0.631. The SMILES string of the molecule is N#CCCNCCCCO. The van der Waals surface area contributed by atoms with E-state index < -0.39 is 0 Å². The van der Waals surface area contributed by atoms with Crippen LogP contribution in [0.4, 0.5) is 0 Å². The summed E-state index contributed by atoms with van der Waals surface area (Å²) in [7, 11) is 0. The minimum Gasteiger partial charge on any atom is -0.396 e. The number of nitrogens with one attached hydrogen (secondary N) is 1. The van der Waals surface area contributed by atoms with Gasteiger partial charge in [-0.3, -0.25) is 0 Å². The van der Waals surface area contributed by atoms with Gasteiger partial charge in [-0.15, -0.1) is 0 Å². The Morgan fingerprint density at radius 2 is 2.10 bits per heavy atom. The summed E-state index contributed by atoms with van der Waals surface area (Å²) >= 11 is 0. The van der Waals surface area contributed by atoms with Gasteiger partial charge in [0.1, 0.15) is 0 Å². The molecule has 0 spiro atoms. The first-order valence-corrected chi connectivity index (χ1v) is 3.60. The predicted octanol–water partition coefficient (Wildman–Crippen LogP) is 0.262. The Balaban J connectivity index is 2.72. The van der Waals surface area contributed by atoms with E-state index in [1.165, 1.54) is 0 Å². The van der Waals surface area contributed by atoms with Crippen LogP contribution in [0.5, 0.6) is 0 Å². The first kappa shape index (κ1) is 9.41. The molecule has 10 heavy (non-hydrogen) atoms. The van der Waals surface area contributed by atoms with Crippen LogP contribution in [0.15, 0.2) is 0 Å². The maximum Gasteiger partial charge on any atom is 0.0635 e. The number of aliphatic hydroxyl groups excluding tert-OH is 1. The maximum atomic E-state index is 8.39. The zero-order chi connectivity index (χ0) is 7.66. The normalized spacial score (nSPS) is 9.20. The van der Waals surface area contributed by atoms with Crippen molar-refractivity contribution in [3.05, 3.63) is 0 Å². The molecule has 0 unspecified atom stereocenters. The number of nitriles is 1. The van der Waals surface area contributed by atoms with Crippen molar-refractivity contribution in [3.8, 4) is 6.07 Å². The van der Waals surface area contributed by atoms with E-state index in [0.29, 0.717) is 6.42 Å². The Morgan fingerprint density at radius 3 is 2.70 bits per heavy atom. The third kappa shape index (κ3) is 7.41. The van der Waals surface area contributed by atoms with Crippen LogP contribution in [-0.4, -0.2) is 24.8 Å². The first-order chi connectivity index (χ1) is 4.91. The van der Waals surface area contributed by atoms with Crippen LogP contribution >= 0.6 is 0 Å². The monoisotopic (exact) mass is 142 g/mol. The summed E-state index contributed by atoms with van der Waals surface area (Å²) in [6.07, 6.45) is 2.40. The van der Waals surface area contributed by atoms with Gasteiger partial charge < -0.3 is 10.4 Å². The van der Waals surface area contributed by atoms with Gasteiger partial charge in [0, 0.05) is 19.6 Å². The molecular weight excluding hydrogens is 128 g/mol. The highest BCUT2D eigenvalue weighted by Crippen LogP contribution is 1.83. The Hall–Kier alpha value is -0.590. The predicted molar refractivity (Wildman–Crippen MR) is 39.4 cm³/mol. The molecule has 0 bridgehead atoms. The van der Waals surface area contributed by atoms with E-state index in [1.54, 1.807) is 0 Å². The van der Waals surface area contributed by atoms with E-state index in [0.717, 1.165) is 25.9 Å². The van der Waals surface area contributed by atoms with Crippen molar-refractivity contribution in [2.24, 2.45) is 0 Å². The van der Waals surface area contributed by atoms with Crippen LogP contribution in [0.3, 0.4) is 0 Å². The van der Waals surface area contributed by atoms with Crippen molar-refractivity contribution >= 4 is 0 Å². The van der Waals surface area contributed by atoms with Crippen LogP contribution < -0.4 is 5.32 Å². The maximum absolute atomic E-state index is 8.39. The largest absolute Gasteiger partial charge is 0.396 e. The summed E-state index contributed by atoms with van der Waals surface area (Å²) in [5.74, 6) is 0. The van der Waals surface area contributed by atoms with Gasteiger partial charge in [0.05, 0.1) is 6.07 Å². The average molecular weight is 142 g/mol. The van der Waals surface area contributed by atoms with Gasteiger partial charge in [-0.05, 0) is 19.4 Å². The molecule has 0 heterocycles. The summed E-state index contributed by atoms with van der Waals surface area (Å²) in [5, 5.41) is 19.6. The first-order valence-electron chi connectivity index (χ1n) is 3.60. The molecule has 2 N–H and O–H groups in total. The number of unbranched alkanes of at least 4 members (excludes halogenated alkanes) is 1. The molecule has 0 radical (unpaired) electrons. The Bertz CT molecular complexity index is 98.3. The van der Waals surface area contributed by atoms with E-state index >= 15 is 0 Å². The van der Waals surface area contributed by atoms with E-state index in [1.807, 2.05) is 6.07 Å². The highest BCUT2D eigenvalue weighted by molar-refractivity contribution is 4.69. The third-order valence-corrected chi connectivity index (χ3v) is 1.18. The lowest BCUT2D eigenvalue weighted by Gasteiger charge is -1.98. The van der Waals surface area contributed by atoms with Gasteiger partial charge >= 0.3 is 0 Å². The van der Waals surface area contributed by atoms with Crippen molar-refractivity contribution in [1.29, 1.82) is 5.26 Å². The third-order valence-electron chi connectivity index (χ3n) is 1.18. The molecule has 0 fully saturated rings. The molecule has 0 aliphatic carbocycles. The second kappa shape index (κ2) is 8.41. The Kier molecular flexibility index (Phi) is 7.91. The second-order valence-electron chi connectivity index (χ2n) is 2.09. The van der Waals surface area contributed by atoms with Gasteiger partial charge in [-0.25, -0.2) is 0 Å². The molecule has 0 aromatic carbocycles. The van der Waals surface area contributed by atoms with Crippen molar-refractivity contribution in [3.63, 3.8) is 0 Å². The topological polar surface area (TPSA) is 56.0 Å². The van der Waals surface area contributed by atoms with Crippen LogP contribution in [0.1, 0.15) is 19.3 Å². The highest BCUT2D eigenvalue weighted by atomic mass is 16.2. The Morgan fingerprint density at radius 1 is 1.30 bits per heavy atom. The molecule has 0 aliphatic rings. The molecule has 0 aromatic heterocycles. The molecule has 0 atom stereocenters. The average Bonchev–Trinajstić information content (AvgIpc) is 1.97. The highest BCUT2D eigenvalue weighted by Gasteiger charge is 1.85. The summed E-state index contributed by atoms with van der Waals surface area (Å²) in [6, 6.07) is 2.05. The molecular formula is C7H14N2O. The summed E-state index contributed by atoms with van der Waals surface area (Å²) in [6.45, 7) is 1.93. The van der Waals surface area contributed by atoms with Crippen molar-refractivity contribution < 1.29 is 5.11 Å². The second-order valence-corrected chi connectivity index (χ2v) is 2.09. The smallest absolute Gasteiger partial charge is 0.0635 e. The summed E-state index contributed by atoms with van der Waals surface area (Å²) in [5.41, 5.74) is 0. The quantitative estimate of drug-likeness (QED) is 0.523. The number of aliphatic hydroxyl groups is 1. The number of rotatable bonds is 6. The molecule has 0 amide bonds. The van der Waals surface area contributed by atoms with E-state index in [-0.39, 0.29) is 6.61 Å². The minimum atomic E-state index is 0.264. The van der Waals surface area contributed by atoms with Gasteiger partial charge in [-0.2, -0.15) is 5.26 Å². The minimum absolute atomic E-state index is 0.264. The van der Waals surface area contributed by atoms with Crippen molar-refractivity contribution in [1.82, 2.24) is 5.32 Å². The lowest BCUT2D eigenvalue weighted by atomic mass is 10.3. The van der Waals surface area contributed by atoms with Crippen molar-refractivity contribution in [2.75, 3.05) is 19.7 Å². The van der Waals surface area contributed by atoms with Crippen LogP contribution in [-0.2, 0) is 0 Å². The molecule has 0 saturated heterocycles. The van der Waals surface area contributed by atoms with Gasteiger partial charge in [0.15, 0.2) is 0 Å². The molecule has 0 aliphatic heterocycles. The van der Waals surface area contributed by atoms with E-state index in [9.17, 15) is 0 Å². The molecule has 3 heteroatoms. The van der Waals surface area contributed by atoms with E-state index in [2.05, 4.69) is 5.32 Å². The van der Waals surface area contributed by atoms with Crippen molar-refractivity contribution in [2.45, 2.75) is 19.3 Å². The Labute approximate surface area is 61.7 Å². The molecule has 0 aromatic rings. The number of hydrogen-bond donors (Lipinski definition) is 2. The fourth-order valence-electron chi connectivity index (χ4n) is 0.631. The standard InChI is InChI=1S/C7H14N2O/c8-4-3-6-9-5-1-2-7-10/h9-10H,1-3,5-7H2.